The first-order valence-electron chi connectivity index (χ1n) is 6.92. The largest absolute Gasteiger partial charge is 0.448 e. The van der Waals surface area contributed by atoms with Gasteiger partial charge in [0.2, 0.25) is 5.89 Å². The van der Waals surface area contributed by atoms with Crippen LogP contribution in [0.5, 0.6) is 0 Å². The lowest BCUT2D eigenvalue weighted by Gasteiger charge is -2.31. The van der Waals surface area contributed by atoms with Crippen molar-refractivity contribution in [1.82, 2.24) is 19.4 Å². The topological polar surface area (TPSA) is 64.2 Å². The van der Waals surface area contributed by atoms with Crippen molar-refractivity contribution in [3.63, 3.8) is 0 Å². The van der Waals surface area contributed by atoms with E-state index in [-0.39, 0.29) is 5.56 Å². The van der Waals surface area contributed by atoms with Crippen molar-refractivity contribution >= 4 is 0 Å². The second kappa shape index (κ2) is 6.00. The first kappa shape index (κ1) is 13.1. The summed E-state index contributed by atoms with van der Waals surface area (Å²) in [6.45, 7) is 3.57. The molecular weight excluding hydrogens is 256 g/mol. The molecule has 2 aromatic heterocycles. The van der Waals surface area contributed by atoms with E-state index < -0.39 is 0 Å². The Morgan fingerprint density at radius 1 is 1.30 bits per heavy atom. The molecule has 6 heteroatoms. The van der Waals surface area contributed by atoms with Gasteiger partial charge in [-0.15, -0.1) is 0 Å². The summed E-state index contributed by atoms with van der Waals surface area (Å²) in [7, 11) is 0. The molecule has 1 aliphatic rings. The molecule has 3 rings (SSSR count). The van der Waals surface area contributed by atoms with Crippen molar-refractivity contribution in [2.75, 3.05) is 13.1 Å². The highest BCUT2D eigenvalue weighted by Gasteiger charge is 2.20. The molecule has 0 amide bonds. The predicted octanol–water partition coefficient (Wildman–Crippen LogP) is 1.14. The third-order valence-corrected chi connectivity index (χ3v) is 3.80. The number of oxazole rings is 1. The molecule has 1 aliphatic heterocycles. The normalized spacial score (nSPS) is 17.4. The molecule has 0 bridgehead atoms. The van der Waals surface area contributed by atoms with Crippen LogP contribution in [0.2, 0.25) is 0 Å². The lowest BCUT2D eigenvalue weighted by atomic mass is 9.97. The lowest BCUT2D eigenvalue weighted by Crippen LogP contribution is -2.35. The van der Waals surface area contributed by atoms with Crippen LogP contribution in [0.3, 0.4) is 0 Å². The smallest absolute Gasteiger partial charge is 0.253 e. The molecule has 1 fully saturated rings. The summed E-state index contributed by atoms with van der Waals surface area (Å²) >= 11 is 0. The Kier molecular flexibility index (Phi) is 3.92. The number of piperidine rings is 1. The zero-order valence-corrected chi connectivity index (χ0v) is 11.3. The summed E-state index contributed by atoms with van der Waals surface area (Å²) in [5, 5.41) is 0. The lowest BCUT2D eigenvalue weighted by molar-refractivity contribution is 0.154. The molecule has 0 aliphatic carbocycles. The molecule has 1 saturated heterocycles. The van der Waals surface area contributed by atoms with Crippen LogP contribution in [0.25, 0.3) is 0 Å². The highest BCUT2D eigenvalue weighted by Crippen LogP contribution is 2.19. The predicted molar refractivity (Wildman–Crippen MR) is 73.0 cm³/mol. The van der Waals surface area contributed by atoms with E-state index in [0.717, 1.165) is 44.9 Å². The van der Waals surface area contributed by atoms with E-state index in [1.165, 1.54) is 12.3 Å². The van der Waals surface area contributed by atoms with Gasteiger partial charge in [0, 0.05) is 18.8 Å². The minimum Gasteiger partial charge on any atom is -0.448 e. The SMILES string of the molecule is O=c1ccncn1CC1CCN(Cc2ncco2)CC1. The van der Waals surface area contributed by atoms with Gasteiger partial charge in [0.1, 0.15) is 6.26 Å². The van der Waals surface area contributed by atoms with Crippen molar-refractivity contribution < 1.29 is 4.42 Å². The monoisotopic (exact) mass is 274 g/mol. The Morgan fingerprint density at radius 3 is 2.85 bits per heavy atom. The second-order valence-corrected chi connectivity index (χ2v) is 5.22. The average Bonchev–Trinajstić information content (AvgIpc) is 2.96. The van der Waals surface area contributed by atoms with Gasteiger partial charge in [-0.1, -0.05) is 0 Å². The summed E-state index contributed by atoms with van der Waals surface area (Å²) < 4.78 is 6.97. The van der Waals surface area contributed by atoms with E-state index in [4.69, 9.17) is 4.42 Å². The van der Waals surface area contributed by atoms with Crippen LogP contribution in [0.15, 0.2) is 40.3 Å². The first-order valence-corrected chi connectivity index (χ1v) is 6.92. The Bertz CT molecular complexity index is 585. The molecule has 0 atom stereocenters. The molecule has 3 heterocycles. The minimum atomic E-state index is 0.0298. The van der Waals surface area contributed by atoms with E-state index >= 15 is 0 Å². The van der Waals surface area contributed by atoms with Crippen LogP contribution in [0, 0.1) is 5.92 Å². The van der Waals surface area contributed by atoms with Gasteiger partial charge in [0.15, 0.2) is 0 Å². The van der Waals surface area contributed by atoms with Crippen LogP contribution in [0.4, 0.5) is 0 Å². The van der Waals surface area contributed by atoms with Gasteiger partial charge in [-0.2, -0.15) is 0 Å². The fourth-order valence-electron chi connectivity index (χ4n) is 2.64. The highest BCUT2D eigenvalue weighted by molar-refractivity contribution is 4.85. The maximum atomic E-state index is 11.7. The fraction of sp³-hybridized carbons (Fsp3) is 0.500. The molecule has 106 valence electrons. The van der Waals surface area contributed by atoms with E-state index in [9.17, 15) is 4.79 Å². The molecule has 0 unspecified atom stereocenters. The Hall–Kier alpha value is -1.95. The zero-order valence-electron chi connectivity index (χ0n) is 11.3. The average molecular weight is 274 g/mol. The minimum absolute atomic E-state index is 0.0298. The summed E-state index contributed by atoms with van der Waals surface area (Å²) in [5.41, 5.74) is 0.0298. The van der Waals surface area contributed by atoms with Gasteiger partial charge in [0.25, 0.3) is 5.56 Å². The van der Waals surface area contributed by atoms with Gasteiger partial charge in [-0.3, -0.25) is 14.3 Å². The molecule has 0 saturated carbocycles. The number of hydrogen-bond donors (Lipinski definition) is 0. The molecule has 0 spiro atoms. The maximum Gasteiger partial charge on any atom is 0.253 e. The second-order valence-electron chi connectivity index (χ2n) is 5.22. The van der Waals surface area contributed by atoms with Crippen molar-refractivity contribution in [3.05, 3.63) is 47.3 Å². The first-order chi connectivity index (χ1) is 9.81. The maximum absolute atomic E-state index is 11.7. The summed E-state index contributed by atoms with van der Waals surface area (Å²) in [4.78, 5) is 22.2. The summed E-state index contributed by atoms with van der Waals surface area (Å²) in [6, 6.07) is 1.51. The van der Waals surface area contributed by atoms with Crippen LogP contribution in [-0.4, -0.2) is 32.5 Å². The highest BCUT2D eigenvalue weighted by atomic mass is 16.3. The zero-order chi connectivity index (χ0) is 13.8. The van der Waals surface area contributed by atoms with Crippen molar-refractivity contribution in [2.24, 2.45) is 5.92 Å². The quantitative estimate of drug-likeness (QED) is 0.836. The molecule has 2 aromatic rings. The number of hydrogen-bond acceptors (Lipinski definition) is 5. The van der Waals surface area contributed by atoms with Gasteiger partial charge < -0.3 is 4.42 Å². The van der Waals surface area contributed by atoms with Crippen LogP contribution >= 0.6 is 0 Å². The van der Waals surface area contributed by atoms with E-state index in [2.05, 4.69) is 14.9 Å². The van der Waals surface area contributed by atoms with Crippen molar-refractivity contribution in [3.8, 4) is 0 Å². The number of rotatable bonds is 4. The van der Waals surface area contributed by atoms with Gasteiger partial charge in [-0.25, -0.2) is 9.97 Å². The summed E-state index contributed by atoms with van der Waals surface area (Å²) in [6.07, 6.45) is 8.62. The molecule has 0 radical (unpaired) electrons. The van der Waals surface area contributed by atoms with E-state index in [0.29, 0.717) is 5.92 Å². The number of nitrogens with zero attached hydrogens (tertiary/aromatic N) is 4. The van der Waals surface area contributed by atoms with Crippen LogP contribution < -0.4 is 5.56 Å². The van der Waals surface area contributed by atoms with Gasteiger partial charge in [-0.05, 0) is 31.8 Å². The van der Waals surface area contributed by atoms with E-state index in [1.54, 1.807) is 23.4 Å². The van der Waals surface area contributed by atoms with Crippen LogP contribution in [0.1, 0.15) is 18.7 Å². The summed E-state index contributed by atoms with van der Waals surface area (Å²) in [5.74, 6) is 1.31. The Balaban J connectivity index is 1.51. The van der Waals surface area contributed by atoms with E-state index in [1.807, 2.05) is 0 Å². The fourth-order valence-corrected chi connectivity index (χ4v) is 2.64. The van der Waals surface area contributed by atoms with Crippen LogP contribution in [-0.2, 0) is 13.1 Å². The van der Waals surface area contributed by atoms with Crippen molar-refractivity contribution in [1.29, 1.82) is 0 Å². The molecular formula is C14H18N4O2. The van der Waals surface area contributed by atoms with Gasteiger partial charge in [0.05, 0.1) is 19.1 Å². The van der Waals surface area contributed by atoms with Gasteiger partial charge >= 0.3 is 0 Å². The Morgan fingerprint density at radius 2 is 2.15 bits per heavy atom. The number of likely N-dealkylation sites (tertiary alicyclic amines) is 1. The third kappa shape index (κ3) is 3.14. The third-order valence-electron chi connectivity index (χ3n) is 3.80. The van der Waals surface area contributed by atoms with Crippen molar-refractivity contribution in [2.45, 2.75) is 25.9 Å². The molecule has 0 aromatic carbocycles. The molecule has 20 heavy (non-hydrogen) atoms. The number of aromatic nitrogens is 3. The molecule has 0 N–H and O–H groups in total. The standard InChI is InChI=1S/C14H18N4O2/c19-14-1-4-15-11-18(14)9-12-2-6-17(7-3-12)10-13-16-5-8-20-13/h1,4-5,8,11-12H,2-3,6-7,9-10H2. The Labute approximate surface area is 117 Å². The molecule has 6 nitrogen and oxygen atoms in total.